The Labute approximate surface area is 188 Å². The molecule has 0 fully saturated rings. The largest absolute Gasteiger partial charge is 0.309 e. The SMILES string of the molecule is Cc1ccc(CCN[C@@H](C(=O)Nc2ccc(-n3cnc(C)c3)cn2)c2ccccc2)cc1. The zero-order chi connectivity index (χ0) is 22.3. The zero-order valence-electron chi connectivity index (χ0n) is 18.3. The van der Waals surface area contributed by atoms with Crippen LogP contribution in [0.1, 0.15) is 28.4 Å². The Kier molecular flexibility index (Phi) is 6.72. The minimum absolute atomic E-state index is 0.140. The monoisotopic (exact) mass is 425 g/mol. The van der Waals surface area contributed by atoms with Crippen LogP contribution in [0.15, 0.2) is 85.5 Å². The van der Waals surface area contributed by atoms with E-state index in [1.807, 2.05) is 54.1 Å². The highest BCUT2D eigenvalue weighted by Gasteiger charge is 2.20. The van der Waals surface area contributed by atoms with Crippen molar-refractivity contribution in [2.75, 3.05) is 11.9 Å². The molecule has 0 bridgehead atoms. The number of aromatic nitrogens is 3. The molecule has 0 unspecified atom stereocenters. The molecule has 162 valence electrons. The Morgan fingerprint density at radius 3 is 2.41 bits per heavy atom. The summed E-state index contributed by atoms with van der Waals surface area (Å²) in [5.41, 5.74) is 5.22. The number of pyridine rings is 1. The lowest BCUT2D eigenvalue weighted by atomic mass is 10.1. The number of nitrogens with zero attached hydrogens (tertiary/aromatic N) is 3. The second-order valence-corrected chi connectivity index (χ2v) is 7.85. The van der Waals surface area contributed by atoms with E-state index in [0.717, 1.165) is 23.4 Å². The van der Waals surface area contributed by atoms with Crippen LogP contribution in [0, 0.1) is 13.8 Å². The summed E-state index contributed by atoms with van der Waals surface area (Å²) in [6.07, 6.45) is 6.24. The van der Waals surface area contributed by atoms with Crippen molar-refractivity contribution in [1.82, 2.24) is 19.9 Å². The van der Waals surface area contributed by atoms with E-state index >= 15 is 0 Å². The standard InChI is InChI=1S/C26H27N5O/c1-19-8-10-21(11-9-19)14-15-27-25(22-6-4-3-5-7-22)26(32)30-24-13-12-23(16-28-24)31-17-20(2)29-18-31/h3-13,16-18,25,27H,14-15H2,1-2H3,(H,28,30,32)/t25-/m1/s1. The Bertz CT molecular complexity index is 1150. The Morgan fingerprint density at radius 2 is 1.75 bits per heavy atom. The minimum atomic E-state index is -0.473. The van der Waals surface area contributed by atoms with Crippen LogP contribution >= 0.6 is 0 Å². The maximum Gasteiger partial charge on any atom is 0.247 e. The molecular weight excluding hydrogens is 398 g/mol. The predicted octanol–water partition coefficient (Wildman–Crippen LogP) is 4.40. The van der Waals surface area contributed by atoms with E-state index in [4.69, 9.17) is 0 Å². The number of carbonyl (C=O) groups excluding carboxylic acids is 1. The average Bonchev–Trinajstić information content (AvgIpc) is 3.25. The molecule has 6 heteroatoms. The average molecular weight is 426 g/mol. The Hall–Kier alpha value is -3.77. The summed E-state index contributed by atoms with van der Waals surface area (Å²) in [5.74, 6) is 0.371. The van der Waals surface area contributed by atoms with Crippen molar-refractivity contribution in [2.45, 2.75) is 26.3 Å². The number of hydrogen-bond acceptors (Lipinski definition) is 4. The van der Waals surface area contributed by atoms with Gasteiger partial charge < -0.3 is 15.2 Å². The molecule has 1 amide bonds. The van der Waals surface area contributed by atoms with Gasteiger partial charge in [0.15, 0.2) is 0 Å². The van der Waals surface area contributed by atoms with Gasteiger partial charge in [0.05, 0.1) is 23.9 Å². The van der Waals surface area contributed by atoms with Crippen molar-refractivity contribution in [3.63, 3.8) is 0 Å². The number of amides is 1. The number of anilines is 1. The van der Waals surface area contributed by atoms with E-state index in [9.17, 15) is 4.79 Å². The number of benzene rings is 2. The van der Waals surface area contributed by atoms with Gasteiger partial charge in [-0.15, -0.1) is 0 Å². The van der Waals surface area contributed by atoms with E-state index in [0.29, 0.717) is 12.4 Å². The summed E-state index contributed by atoms with van der Waals surface area (Å²) < 4.78 is 1.90. The van der Waals surface area contributed by atoms with Crippen LogP contribution < -0.4 is 10.6 Å². The van der Waals surface area contributed by atoms with Crippen molar-refractivity contribution in [2.24, 2.45) is 0 Å². The molecule has 0 saturated carbocycles. The first-order chi connectivity index (χ1) is 15.6. The van der Waals surface area contributed by atoms with Gasteiger partial charge in [0, 0.05) is 12.7 Å². The minimum Gasteiger partial charge on any atom is -0.309 e. The van der Waals surface area contributed by atoms with E-state index in [1.165, 1.54) is 11.1 Å². The lowest BCUT2D eigenvalue weighted by Crippen LogP contribution is -2.34. The second-order valence-electron chi connectivity index (χ2n) is 7.85. The van der Waals surface area contributed by atoms with Crippen molar-refractivity contribution in [1.29, 1.82) is 0 Å². The molecule has 0 aliphatic heterocycles. The molecule has 0 aliphatic carbocycles. The lowest BCUT2D eigenvalue weighted by Gasteiger charge is -2.19. The van der Waals surface area contributed by atoms with Gasteiger partial charge in [-0.2, -0.15) is 0 Å². The van der Waals surface area contributed by atoms with Gasteiger partial charge in [-0.1, -0.05) is 60.2 Å². The molecule has 2 heterocycles. The summed E-state index contributed by atoms with van der Waals surface area (Å²) in [7, 11) is 0. The van der Waals surface area contributed by atoms with Crippen molar-refractivity contribution < 1.29 is 4.79 Å². The molecule has 2 aromatic carbocycles. The molecule has 32 heavy (non-hydrogen) atoms. The molecule has 0 aliphatic rings. The van der Waals surface area contributed by atoms with E-state index < -0.39 is 6.04 Å². The van der Waals surface area contributed by atoms with Gasteiger partial charge in [0.1, 0.15) is 11.9 Å². The molecule has 0 spiro atoms. The normalized spacial score (nSPS) is 11.8. The van der Waals surface area contributed by atoms with Crippen molar-refractivity contribution >= 4 is 11.7 Å². The van der Waals surface area contributed by atoms with Crippen LogP contribution in [-0.2, 0) is 11.2 Å². The van der Waals surface area contributed by atoms with E-state index in [1.54, 1.807) is 18.6 Å². The highest BCUT2D eigenvalue weighted by molar-refractivity contribution is 5.94. The van der Waals surface area contributed by atoms with E-state index in [2.05, 4.69) is 51.8 Å². The van der Waals surface area contributed by atoms with Gasteiger partial charge in [-0.25, -0.2) is 9.97 Å². The van der Waals surface area contributed by atoms with Gasteiger partial charge in [0.2, 0.25) is 5.91 Å². The molecule has 4 rings (SSSR count). The van der Waals surface area contributed by atoms with E-state index in [-0.39, 0.29) is 5.91 Å². The van der Waals surface area contributed by atoms with Crippen molar-refractivity contribution in [3.05, 3.63) is 108 Å². The number of nitrogens with one attached hydrogen (secondary N) is 2. The first-order valence-corrected chi connectivity index (χ1v) is 10.7. The maximum absolute atomic E-state index is 13.1. The van der Waals surface area contributed by atoms with Crippen LogP contribution in [0.25, 0.3) is 5.69 Å². The van der Waals surface area contributed by atoms with Gasteiger partial charge >= 0.3 is 0 Å². The van der Waals surface area contributed by atoms with Crippen LogP contribution in [-0.4, -0.2) is 27.0 Å². The number of aryl methyl sites for hydroxylation is 2. The third-order valence-corrected chi connectivity index (χ3v) is 5.29. The molecule has 1 atom stereocenters. The van der Waals surface area contributed by atoms with Crippen molar-refractivity contribution in [3.8, 4) is 5.69 Å². The fourth-order valence-corrected chi connectivity index (χ4v) is 3.50. The van der Waals surface area contributed by atoms with Crippen LogP contribution in [0.5, 0.6) is 0 Å². The van der Waals surface area contributed by atoms with Crippen LogP contribution in [0.2, 0.25) is 0 Å². The zero-order valence-corrected chi connectivity index (χ0v) is 18.3. The molecule has 2 aromatic heterocycles. The molecule has 0 radical (unpaired) electrons. The topological polar surface area (TPSA) is 71.8 Å². The summed E-state index contributed by atoms with van der Waals surface area (Å²) in [5, 5.41) is 6.35. The second kappa shape index (κ2) is 10.0. The number of imidazole rings is 1. The van der Waals surface area contributed by atoms with Crippen LogP contribution in [0.3, 0.4) is 0 Å². The molecule has 2 N–H and O–H groups in total. The van der Waals surface area contributed by atoms with Gasteiger partial charge in [0.25, 0.3) is 0 Å². The number of carbonyl (C=O) groups is 1. The summed E-state index contributed by atoms with van der Waals surface area (Å²) in [6.45, 7) is 4.70. The highest BCUT2D eigenvalue weighted by Crippen LogP contribution is 2.17. The maximum atomic E-state index is 13.1. The summed E-state index contributed by atoms with van der Waals surface area (Å²) in [4.78, 5) is 21.8. The molecule has 0 saturated heterocycles. The molecule has 4 aromatic rings. The molecule has 6 nitrogen and oxygen atoms in total. The summed E-state index contributed by atoms with van der Waals surface area (Å²) >= 11 is 0. The first-order valence-electron chi connectivity index (χ1n) is 10.7. The molecular formula is C26H27N5O. The Balaban J connectivity index is 1.43. The van der Waals surface area contributed by atoms with Crippen LogP contribution in [0.4, 0.5) is 5.82 Å². The number of hydrogen-bond donors (Lipinski definition) is 2. The smallest absolute Gasteiger partial charge is 0.247 e. The summed E-state index contributed by atoms with van der Waals surface area (Å²) in [6, 6.07) is 21.5. The fourth-order valence-electron chi connectivity index (χ4n) is 3.50. The predicted molar refractivity (Wildman–Crippen MR) is 127 cm³/mol. The van der Waals surface area contributed by atoms with Gasteiger partial charge in [-0.3, -0.25) is 4.79 Å². The Morgan fingerprint density at radius 1 is 0.969 bits per heavy atom. The first kappa shape index (κ1) is 21.5. The quantitative estimate of drug-likeness (QED) is 0.439. The third kappa shape index (κ3) is 5.47. The van der Waals surface area contributed by atoms with Gasteiger partial charge in [-0.05, 0) is 43.5 Å². The third-order valence-electron chi connectivity index (χ3n) is 5.29. The fraction of sp³-hybridized carbons (Fsp3) is 0.192. The lowest BCUT2D eigenvalue weighted by molar-refractivity contribution is -0.118. The highest BCUT2D eigenvalue weighted by atomic mass is 16.2. The number of rotatable bonds is 8.